The second-order valence-electron chi connectivity index (χ2n) is 7.50. The summed E-state index contributed by atoms with van der Waals surface area (Å²) < 4.78 is 7.54. The van der Waals surface area contributed by atoms with Gasteiger partial charge < -0.3 is 15.2 Å². The predicted molar refractivity (Wildman–Crippen MR) is 115 cm³/mol. The smallest absolute Gasteiger partial charge is 0.352 e. The van der Waals surface area contributed by atoms with Crippen LogP contribution in [0, 0.1) is 19.8 Å². The Kier molecular flexibility index (Phi) is 6.79. The van der Waals surface area contributed by atoms with Crippen molar-refractivity contribution in [2.75, 3.05) is 12.4 Å². The van der Waals surface area contributed by atoms with Gasteiger partial charge in [0.15, 0.2) is 0 Å². The maximum absolute atomic E-state index is 12.7. The van der Waals surface area contributed by atoms with Crippen LogP contribution in [0.2, 0.25) is 0 Å². The lowest BCUT2D eigenvalue weighted by molar-refractivity contribution is -0.151. The fraction of sp³-hybridized carbons (Fsp3) is 0.526. The molecule has 0 saturated carbocycles. The van der Waals surface area contributed by atoms with Gasteiger partial charge in [-0.15, -0.1) is 11.8 Å². The fourth-order valence-electron chi connectivity index (χ4n) is 3.47. The molecule has 0 aliphatic carbocycles. The molecule has 31 heavy (non-hydrogen) atoms. The highest BCUT2D eigenvalue weighted by atomic mass is 79.9. The maximum atomic E-state index is 12.7. The van der Waals surface area contributed by atoms with Crippen molar-refractivity contribution in [3.63, 3.8) is 0 Å². The van der Waals surface area contributed by atoms with Crippen LogP contribution < -0.4 is 5.32 Å². The molecular weight excluding hydrogens is 492 g/mol. The van der Waals surface area contributed by atoms with Gasteiger partial charge in [-0.2, -0.15) is 5.10 Å². The third-order valence-electron chi connectivity index (χ3n) is 5.18. The summed E-state index contributed by atoms with van der Waals surface area (Å²) in [6, 6.07) is -0.809. The SMILES string of the molecule is CC(=O)OCC1=C(C(=O)O)N2C(=O)[C@@H](NC(=O)[C@@H](C)Cn3nc(C)c(Br)c3C)[C@H]2SC1. The van der Waals surface area contributed by atoms with Crippen molar-refractivity contribution in [3.05, 3.63) is 27.1 Å². The lowest BCUT2D eigenvalue weighted by Crippen LogP contribution is -2.71. The number of nitrogens with zero attached hydrogens (tertiary/aromatic N) is 3. The van der Waals surface area contributed by atoms with Crippen molar-refractivity contribution in [1.29, 1.82) is 0 Å². The Morgan fingerprint density at radius 3 is 2.61 bits per heavy atom. The summed E-state index contributed by atoms with van der Waals surface area (Å²) in [4.78, 5) is 49.3. The van der Waals surface area contributed by atoms with Crippen molar-refractivity contribution in [2.24, 2.45) is 5.92 Å². The monoisotopic (exact) mass is 514 g/mol. The van der Waals surface area contributed by atoms with Crippen LogP contribution in [0.4, 0.5) is 0 Å². The number of nitrogens with one attached hydrogen (secondary N) is 1. The number of thioether (sulfide) groups is 1. The standard InChI is InChI=1S/C19H23BrN4O6S/c1-8(5-23-10(3)13(20)9(2)22-23)16(26)21-14-17(27)24-15(19(28)29)12(6-30-11(4)25)7-31-18(14)24/h8,14,18H,5-7H2,1-4H3,(H,21,26)(H,28,29)/t8-,14+,18+/m0/s1. The van der Waals surface area contributed by atoms with Crippen LogP contribution in [-0.2, 0) is 30.5 Å². The number of carbonyl (C=O) groups excluding carboxylic acids is 3. The number of hydrogen-bond donors (Lipinski definition) is 2. The highest BCUT2D eigenvalue weighted by Crippen LogP contribution is 2.40. The number of aryl methyl sites for hydroxylation is 1. The van der Waals surface area contributed by atoms with Crippen molar-refractivity contribution in [2.45, 2.75) is 45.7 Å². The van der Waals surface area contributed by atoms with E-state index in [1.165, 1.54) is 18.7 Å². The minimum atomic E-state index is -1.27. The fourth-order valence-corrected chi connectivity index (χ4v) is 5.09. The van der Waals surface area contributed by atoms with Gasteiger partial charge in [-0.1, -0.05) is 6.92 Å². The van der Waals surface area contributed by atoms with Crippen molar-refractivity contribution in [3.8, 4) is 0 Å². The van der Waals surface area contributed by atoms with Crippen LogP contribution >= 0.6 is 27.7 Å². The minimum Gasteiger partial charge on any atom is -0.477 e. The summed E-state index contributed by atoms with van der Waals surface area (Å²) in [5.74, 6) is -2.78. The van der Waals surface area contributed by atoms with Crippen LogP contribution in [0.15, 0.2) is 15.7 Å². The molecule has 2 aliphatic heterocycles. The number of esters is 1. The van der Waals surface area contributed by atoms with Gasteiger partial charge in [0.05, 0.1) is 22.6 Å². The number of carboxylic acid groups (broad SMARTS) is 1. The number of amides is 2. The largest absolute Gasteiger partial charge is 0.477 e. The summed E-state index contributed by atoms with van der Waals surface area (Å²) in [5.41, 5.74) is 1.90. The average Bonchev–Trinajstić information content (AvgIpc) is 2.95. The first-order valence-corrected chi connectivity index (χ1v) is 11.4. The zero-order valence-corrected chi connectivity index (χ0v) is 19.9. The van der Waals surface area contributed by atoms with E-state index in [4.69, 9.17) is 4.74 Å². The number of hydrogen-bond acceptors (Lipinski definition) is 7. The molecule has 0 aromatic carbocycles. The number of carbonyl (C=O) groups is 4. The molecule has 0 bridgehead atoms. The molecule has 10 nitrogen and oxygen atoms in total. The van der Waals surface area contributed by atoms with Crippen LogP contribution in [0.1, 0.15) is 25.2 Å². The normalized spacial score (nSPS) is 21.3. The Hall–Kier alpha value is -2.34. The van der Waals surface area contributed by atoms with E-state index in [-0.39, 0.29) is 24.0 Å². The van der Waals surface area contributed by atoms with E-state index in [2.05, 4.69) is 26.3 Å². The van der Waals surface area contributed by atoms with Crippen LogP contribution in [-0.4, -0.2) is 67.3 Å². The summed E-state index contributed by atoms with van der Waals surface area (Å²) >= 11 is 4.78. The molecule has 1 aromatic rings. The molecule has 3 heterocycles. The minimum absolute atomic E-state index is 0.180. The van der Waals surface area contributed by atoms with Gasteiger partial charge >= 0.3 is 11.9 Å². The van der Waals surface area contributed by atoms with Gasteiger partial charge in [0, 0.05) is 23.9 Å². The molecule has 1 saturated heterocycles. The van der Waals surface area contributed by atoms with E-state index in [0.717, 1.165) is 20.8 Å². The zero-order valence-electron chi connectivity index (χ0n) is 17.5. The summed E-state index contributed by atoms with van der Waals surface area (Å²) in [5, 5.41) is 16.2. The van der Waals surface area contributed by atoms with E-state index in [9.17, 15) is 24.3 Å². The third kappa shape index (κ3) is 4.49. The third-order valence-corrected chi connectivity index (χ3v) is 7.67. The van der Waals surface area contributed by atoms with E-state index in [1.54, 1.807) is 11.6 Å². The Morgan fingerprint density at radius 2 is 2.06 bits per heavy atom. The molecule has 3 rings (SSSR count). The first-order chi connectivity index (χ1) is 14.5. The van der Waals surface area contributed by atoms with Gasteiger partial charge in [0.1, 0.15) is 23.7 Å². The topological polar surface area (TPSA) is 131 Å². The van der Waals surface area contributed by atoms with Crippen molar-refractivity contribution >= 4 is 51.4 Å². The van der Waals surface area contributed by atoms with Crippen LogP contribution in [0.3, 0.4) is 0 Å². The molecule has 12 heteroatoms. The van der Waals surface area contributed by atoms with E-state index in [1.807, 2.05) is 13.8 Å². The number of rotatable bonds is 7. The van der Waals surface area contributed by atoms with Gasteiger partial charge in [-0.05, 0) is 29.8 Å². The van der Waals surface area contributed by atoms with Crippen LogP contribution in [0.25, 0.3) is 0 Å². The quantitative estimate of drug-likeness (QED) is 0.409. The zero-order chi connectivity index (χ0) is 23.0. The first kappa shape index (κ1) is 23.3. The lowest BCUT2D eigenvalue weighted by atomic mass is 10.0. The average molecular weight is 515 g/mol. The van der Waals surface area contributed by atoms with Crippen molar-refractivity contribution < 1.29 is 29.0 Å². The molecule has 1 fully saturated rings. The van der Waals surface area contributed by atoms with Gasteiger partial charge in [0.25, 0.3) is 5.91 Å². The second-order valence-corrected chi connectivity index (χ2v) is 9.40. The van der Waals surface area contributed by atoms with Gasteiger partial charge in [0.2, 0.25) is 5.91 Å². The molecule has 2 N–H and O–H groups in total. The molecule has 168 valence electrons. The number of carboxylic acids is 1. The number of aromatic nitrogens is 2. The van der Waals surface area contributed by atoms with Gasteiger partial charge in [-0.3, -0.25) is 24.0 Å². The molecule has 0 radical (unpaired) electrons. The van der Waals surface area contributed by atoms with Gasteiger partial charge in [-0.25, -0.2) is 4.79 Å². The second kappa shape index (κ2) is 9.03. The Balaban J connectivity index is 1.67. The number of aliphatic carboxylic acids is 1. The molecule has 0 spiro atoms. The maximum Gasteiger partial charge on any atom is 0.352 e. The van der Waals surface area contributed by atoms with E-state index < -0.39 is 35.2 Å². The number of fused-ring (bicyclic) bond motifs is 1. The Morgan fingerprint density at radius 1 is 1.39 bits per heavy atom. The van der Waals surface area contributed by atoms with E-state index in [0.29, 0.717) is 12.1 Å². The number of β-lactam (4-membered cyclic amide) rings is 1. The summed E-state index contributed by atoms with van der Waals surface area (Å²) in [6.07, 6.45) is 0. The Labute approximate surface area is 191 Å². The first-order valence-electron chi connectivity index (χ1n) is 9.56. The molecule has 3 atom stereocenters. The van der Waals surface area contributed by atoms with E-state index >= 15 is 0 Å². The number of halogens is 1. The lowest BCUT2D eigenvalue weighted by Gasteiger charge is -2.49. The highest BCUT2D eigenvalue weighted by Gasteiger charge is 2.54. The summed E-state index contributed by atoms with van der Waals surface area (Å²) in [6.45, 7) is 6.89. The molecule has 2 amide bonds. The van der Waals surface area contributed by atoms with Crippen LogP contribution in [0.5, 0.6) is 0 Å². The van der Waals surface area contributed by atoms with Crippen molar-refractivity contribution in [1.82, 2.24) is 20.0 Å². The summed E-state index contributed by atoms with van der Waals surface area (Å²) in [7, 11) is 0. The molecule has 2 aliphatic rings. The molecule has 1 aromatic heterocycles. The molecular formula is C19H23BrN4O6S. The Bertz CT molecular complexity index is 990. The highest BCUT2D eigenvalue weighted by molar-refractivity contribution is 9.10. The number of ether oxygens (including phenoxy) is 1. The predicted octanol–water partition coefficient (Wildman–Crippen LogP) is 1.20. The molecule has 0 unspecified atom stereocenters.